The minimum absolute atomic E-state index is 0.284. The van der Waals surface area contributed by atoms with Crippen LogP contribution in [0, 0.1) is 0 Å². The van der Waals surface area contributed by atoms with Crippen molar-refractivity contribution in [3.05, 3.63) is 41.1 Å². The van der Waals surface area contributed by atoms with Gasteiger partial charge in [0.1, 0.15) is 0 Å². The molecule has 2 N–H and O–H groups in total. The van der Waals surface area contributed by atoms with Crippen LogP contribution >= 0.6 is 23.4 Å². The fourth-order valence-electron chi connectivity index (χ4n) is 1.33. The van der Waals surface area contributed by atoms with E-state index in [4.69, 9.17) is 11.6 Å². The van der Waals surface area contributed by atoms with Gasteiger partial charge in [0.15, 0.2) is 5.17 Å². The fraction of sp³-hybridized carbons (Fsp3) is 0.167. The van der Waals surface area contributed by atoms with Crippen molar-refractivity contribution in [1.29, 1.82) is 0 Å². The summed E-state index contributed by atoms with van der Waals surface area (Å²) < 4.78 is 0. The van der Waals surface area contributed by atoms with Crippen LogP contribution in [0.5, 0.6) is 0 Å². The lowest BCUT2D eigenvalue weighted by molar-refractivity contribution is 0.248. The number of hydrogen-bond acceptors (Lipinski definition) is 3. The first-order valence-electron chi connectivity index (χ1n) is 5.41. The highest BCUT2D eigenvalue weighted by Crippen LogP contribution is 2.10. The molecule has 1 aromatic carbocycles. The van der Waals surface area contributed by atoms with Gasteiger partial charge < -0.3 is 5.32 Å². The Bertz CT molecular complexity index is 485. The Kier molecular flexibility index (Phi) is 4.66. The maximum atomic E-state index is 11.5. The van der Waals surface area contributed by atoms with Crippen molar-refractivity contribution in [2.45, 2.75) is 0 Å². The summed E-state index contributed by atoms with van der Waals surface area (Å²) in [6.07, 6.45) is 3.37. The summed E-state index contributed by atoms with van der Waals surface area (Å²) in [6.45, 7) is 0.765. The molecule has 0 unspecified atom stereocenters. The van der Waals surface area contributed by atoms with E-state index in [1.165, 1.54) is 0 Å². The first-order chi connectivity index (χ1) is 8.74. The number of carbonyl (C=O) groups is 1. The molecule has 2 rings (SSSR count). The molecule has 0 saturated heterocycles. The maximum Gasteiger partial charge on any atom is 0.324 e. The van der Waals surface area contributed by atoms with E-state index in [-0.39, 0.29) is 6.03 Å². The van der Waals surface area contributed by atoms with Gasteiger partial charge >= 0.3 is 6.03 Å². The van der Waals surface area contributed by atoms with Gasteiger partial charge in [-0.05, 0) is 23.8 Å². The molecule has 0 aromatic heterocycles. The van der Waals surface area contributed by atoms with Gasteiger partial charge in [0, 0.05) is 17.0 Å². The van der Waals surface area contributed by atoms with Gasteiger partial charge in [-0.3, -0.25) is 10.3 Å². The molecule has 0 fully saturated rings. The summed E-state index contributed by atoms with van der Waals surface area (Å²) in [5, 5.41) is 6.64. The first kappa shape index (κ1) is 13.0. The number of halogens is 1. The average molecular weight is 282 g/mol. The molecule has 0 spiro atoms. The Hall–Kier alpha value is -1.46. The number of urea groups is 1. The summed E-state index contributed by atoms with van der Waals surface area (Å²) in [7, 11) is 0. The zero-order valence-corrected chi connectivity index (χ0v) is 11.1. The molecule has 18 heavy (non-hydrogen) atoms. The number of benzene rings is 1. The molecule has 0 saturated carbocycles. The highest BCUT2D eigenvalue weighted by molar-refractivity contribution is 8.14. The SMILES string of the molecule is O=C(N/C=C/c1ccc(Cl)cc1)NC1=NCCS1. The van der Waals surface area contributed by atoms with Crippen LogP contribution in [0.15, 0.2) is 35.5 Å². The van der Waals surface area contributed by atoms with E-state index in [2.05, 4.69) is 15.6 Å². The van der Waals surface area contributed by atoms with E-state index in [9.17, 15) is 4.79 Å². The predicted octanol–water partition coefficient (Wildman–Crippen LogP) is 2.71. The zero-order chi connectivity index (χ0) is 12.8. The number of aliphatic imine (C=N–C) groups is 1. The number of nitrogens with zero attached hydrogens (tertiary/aromatic N) is 1. The summed E-state index contributed by atoms with van der Waals surface area (Å²) in [4.78, 5) is 15.6. The smallest absolute Gasteiger partial charge is 0.314 e. The summed E-state index contributed by atoms with van der Waals surface area (Å²) in [5.74, 6) is 0.927. The second-order valence-electron chi connectivity index (χ2n) is 3.52. The molecule has 0 atom stereocenters. The van der Waals surface area contributed by atoms with Crippen LogP contribution in [-0.2, 0) is 0 Å². The number of amides is 2. The largest absolute Gasteiger partial charge is 0.324 e. The fourth-order valence-corrected chi connectivity index (χ4v) is 2.18. The Labute approximate surface area is 115 Å². The van der Waals surface area contributed by atoms with Crippen molar-refractivity contribution in [1.82, 2.24) is 10.6 Å². The molecule has 0 radical (unpaired) electrons. The normalized spacial score (nSPS) is 14.6. The second-order valence-corrected chi connectivity index (χ2v) is 5.04. The standard InChI is InChI=1S/C12H12ClN3OS/c13-10-3-1-9(2-4-10)5-6-14-11(17)16-12-15-7-8-18-12/h1-6H,7-8H2,(H2,14,15,16,17)/b6-5+. The molecule has 6 heteroatoms. The Morgan fingerprint density at radius 3 is 2.83 bits per heavy atom. The van der Waals surface area contributed by atoms with Crippen molar-refractivity contribution in [2.24, 2.45) is 4.99 Å². The number of rotatable bonds is 2. The summed E-state index contributed by atoms with van der Waals surface area (Å²) in [5.41, 5.74) is 0.965. The number of carbonyl (C=O) groups excluding carboxylic acids is 1. The third-order valence-electron chi connectivity index (χ3n) is 2.17. The number of nitrogens with one attached hydrogen (secondary N) is 2. The molecule has 2 amide bonds. The number of amidine groups is 1. The first-order valence-corrected chi connectivity index (χ1v) is 6.77. The molecule has 4 nitrogen and oxygen atoms in total. The van der Waals surface area contributed by atoms with E-state index in [1.54, 1.807) is 36.2 Å². The maximum absolute atomic E-state index is 11.5. The number of thioether (sulfide) groups is 1. The van der Waals surface area contributed by atoms with Crippen LogP contribution in [-0.4, -0.2) is 23.5 Å². The van der Waals surface area contributed by atoms with Crippen LogP contribution in [0.3, 0.4) is 0 Å². The molecule has 0 aliphatic carbocycles. The Morgan fingerprint density at radius 2 is 2.17 bits per heavy atom. The van der Waals surface area contributed by atoms with Gasteiger partial charge in [-0.2, -0.15) is 0 Å². The van der Waals surface area contributed by atoms with Crippen molar-refractivity contribution >= 4 is 40.6 Å². The summed E-state index contributed by atoms with van der Waals surface area (Å²) in [6, 6.07) is 7.05. The highest BCUT2D eigenvalue weighted by atomic mass is 35.5. The molecule has 1 aromatic rings. The molecule has 0 bridgehead atoms. The van der Waals surface area contributed by atoms with Gasteiger partial charge in [-0.15, -0.1) is 0 Å². The molecular formula is C12H12ClN3OS. The third-order valence-corrected chi connectivity index (χ3v) is 3.31. The van der Waals surface area contributed by atoms with E-state index >= 15 is 0 Å². The molecule has 1 aliphatic heterocycles. The van der Waals surface area contributed by atoms with Gasteiger partial charge in [-0.1, -0.05) is 35.5 Å². The van der Waals surface area contributed by atoms with Gasteiger partial charge in [0.2, 0.25) is 0 Å². The minimum atomic E-state index is -0.284. The highest BCUT2D eigenvalue weighted by Gasteiger charge is 2.08. The monoisotopic (exact) mass is 281 g/mol. The van der Waals surface area contributed by atoms with Crippen molar-refractivity contribution in [3.8, 4) is 0 Å². The van der Waals surface area contributed by atoms with Crippen LogP contribution in [0.2, 0.25) is 5.02 Å². The van der Waals surface area contributed by atoms with Crippen molar-refractivity contribution in [2.75, 3.05) is 12.3 Å². The van der Waals surface area contributed by atoms with Crippen molar-refractivity contribution < 1.29 is 4.79 Å². The van der Waals surface area contributed by atoms with Crippen LogP contribution in [0.1, 0.15) is 5.56 Å². The van der Waals surface area contributed by atoms with Crippen LogP contribution in [0.25, 0.3) is 6.08 Å². The Morgan fingerprint density at radius 1 is 1.39 bits per heavy atom. The molecule has 94 valence electrons. The zero-order valence-electron chi connectivity index (χ0n) is 9.52. The molecular weight excluding hydrogens is 270 g/mol. The molecule has 1 heterocycles. The van der Waals surface area contributed by atoms with Gasteiger partial charge in [0.05, 0.1) is 6.54 Å². The van der Waals surface area contributed by atoms with E-state index in [0.29, 0.717) is 10.2 Å². The second kappa shape index (κ2) is 6.47. The van der Waals surface area contributed by atoms with Gasteiger partial charge in [0.25, 0.3) is 0 Å². The van der Waals surface area contributed by atoms with Crippen LogP contribution in [0.4, 0.5) is 4.79 Å². The van der Waals surface area contributed by atoms with E-state index in [1.807, 2.05) is 12.1 Å². The lowest BCUT2D eigenvalue weighted by Crippen LogP contribution is -2.34. The van der Waals surface area contributed by atoms with Crippen molar-refractivity contribution in [3.63, 3.8) is 0 Å². The quantitative estimate of drug-likeness (QED) is 0.876. The lowest BCUT2D eigenvalue weighted by Gasteiger charge is -2.02. The van der Waals surface area contributed by atoms with Crippen LogP contribution < -0.4 is 10.6 Å². The molecule has 1 aliphatic rings. The Balaban J connectivity index is 1.79. The minimum Gasteiger partial charge on any atom is -0.314 e. The predicted molar refractivity (Wildman–Crippen MR) is 76.9 cm³/mol. The third kappa shape index (κ3) is 4.09. The summed E-state index contributed by atoms with van der Waals surface area (Å²) >= 11 is 7.31. The average Bonchev–Trinajstić information content (AvgIpc) is 2.84. The van der Waals surface area contributed by atoms with Gasteiger partial charge in [-0.25, -0.2) is 4.79 Å². The van der Waals surface area contributed by atoms with E-state index < -0.39 is 0 Å². The number of hydrogen-bond donors (Lipinski definition) is 2. The van der Waals surface area contributed by atoms with E-state index in [0.717, 1.165) is 17.9 Å². The lowest BCUT2D eigenvalue weighted by atomic mass is 10.2. The topological polar surface area (TPSA) is 53.5 Å².